The van der Waals surface area contributed by atoms with Crippen LogP contribution in [-0.4, -0.2) is 45.1 Å². The molecule has 0 saturated heterocycles. The van der Waals surface area contributed by atoms with Gasteiger partial charge in [-0.25, -0.2) is 0 Å². The van der Waals surface area contributed by atoms with Gasteiger partial charge >= 0.3 is 0 Å². The van der Waals surface area contributed by atoms with Crippen molar-refractivity contribution in [2.24, 2.45) is 0 Å². The monoisotopic (exact) mass is 254 g/mol. The SMILES string of the molecule is CCOCCOc1ccc(CNCCOC)nc1. The molecule has 0 atom stereocenters. The van der Waals surface area contributed by atoms with Crippen LogP contribution in [0.5, 0.6) is 5.75 Å². The fourth-order valence-electron chi connectivity index (χ4n) is 1.35. The molecule has 102 valence electrons. The molecule has 5 heteroatoms. The van der Waals surface area contributed by atoms with Crippen LogP contribution >= 0.6 is 0 Å². The van der Waals surface area contributed by atoms with Gasteiger partial charge in [-0.3, -0.25) is 4.98 Å². The molecule has 1 aromatic rings. The molecule has 0 saturated carbocycles. The second-order valence-corrected chi connectivity index (χ2v) is 3.70. The fourth-order valence-corrected chi connectivity index (χ4v) is 1.35. The number of ether oxygens (including phenoxy) is 3. The highest BCUT2D eigenvalue weighted by molar-refractivity contribution is 5.19. The number of hydrogen-bond donors (Lipinski definition) is 1. The molecule has 0 aliphatic carbocycles. The van der Waals surface area contributed by atoms with Gasteiger partial charge in [0.2, 0.25) is 0 Å². The minimum atomic E-state index is 0.557. The third-order valence-corrected chi connectivity index (χ3v) is 2.29. The fraction of sp³-hybridized carbons (Fsp3) is 0.615. The summed E-state index contributed by atoms with van der Waals surface area (Å²) in [4.78, 5) is 4.31. The standard InChI is InChI=1S/C13H22N2O3/c1-3-17-8-9-18-13-5-4-12(15-11-13)10-14-6-7-16-2/h4-5,11,14H,3,6-10H2,1-2H3. The molecular weight excluding hydrogens is 232 g/mol. The largest absolute Gasteiger partial charge is 0.490 e. The summed E-state index contributed by atoms with van der Waals surface area (Å²) in [5.74, 6) is 0.773. The van der Waals surface area contributed by atoms with Gasteiger partial charge in [0.05, 0.1) is 25.1 Å². The smallest absolute Gasteiger partial charge is 0.137 e. The van der Waals surface area contributed by atoms with Crippen LogP contribution in [0.2, 0.25) is 0 Å². The summed E-state index contributed by atoms with van der Waals surface area (Å²) in [6.45, 7) is 6.12. The molecule has 1 N–H and O–H groups in total. The summed E-state index contributed by atoms with van der Waals surface area (Å²) in [5.41, 5.74) is 0.989. The van der Waals surface area contributed by atoms with Crippen molar-refractivity contribution in [1.82, 2.24) is 10.3 Å². The summed E-state index contributed by atoms with van der Waals surface area (Å²) in [6, 6.07) is 3.88. The molecule has 5 nitrogen and oxygen atoms in total. The number of nitrogens with one attached hydrogen (secondary N) is 1. The van der Waals surface area contributed by atoms with Crippen molar-refractivity contribution in [3.05, 3.63) is 24.0 Å². The lowest BCUT2D eigenvalue weighted by atomic mass is 10.3. The van der Waals surface area contributed by atoms with Gasteiger partial charge in [-0.2, -0.15) is 0 Å². The summed E-state index contributed by atoms with van der Waals surface area (Å²) in [6.07, 6.45) is 1.74. The maximum absolute atomic E-state index is 5.48. The number of rotatable bonds is 10. The second-order valence-electron chi connectivity index (χ2n) is 3.70. The predicted molar refractivity (Wildman–Crippen MR) is 69.8 cm³/mol. The lowest BCUT2D eigenvalue weighted by Crippen LogP contribution is -2.19. The number of aromatic nitrogens is 1. The Morgan fingerprint density at radius 1 is 1.22 bits per heavy atom. The molecule has 1 rings (SSSR count). The van der Waals surface area contributed by atoms with Gasteiger partial charge in [-0.15, -0.1) is 0 Å². The highest BCUT2D eigenvalue weighted by Crippen LogP contribution is 2.08. The van der Waals surface area contributed by atoms with Crippen molar-refractivity contribution in [1.29, 1.82) is 0 Å². The van der Waals surface area contributed by atoms with Crippen LogP contribution in [0.4, 0.5) is 0 Å². The molecule has 0 amide bonds. The van der Waals surface area contributed by atoms with E-state index in [1.807, 2.05) is 19.1 Å². The Hall–Kier alpha value is -1.17. The van der Waals surface area contributed by atoms with Crippen molar-refractivity contribution in [3.8, 4) is 5.75 Å². The first kappa shape index (κ1) is 14.9. The van der Waals surface area contributed by atoms with E-state index in [4.69, 9.17) is 14.2 Å². The van der Waals surface area contributed by atoms with Crippen molar-refractivity contribution in [2.45, 2.75) is 13.5 Å². The Labute approximate surface area is 108 Å². The molecule has 1 aromatic heterocycles. The average Bonchev–Trinajstić information content (AvgIpc) is 2.41. The Kier molecular flexibility index (Phi) is 8.12. The number of methoxy groups -OCH3 is 1. The van der Waals surface area contributed by atoms with E-state index < -0.39 is 0 Å². The highest BCUT2D eigenvalue weighted by Gasteiger charge is 1.97. The normalized spacial score (nSPS) is 10.6. The van der Waals surface area contributed by atoms with Crippen LogP contribution < -0.4 is 10.1 Å². The van der Waals surface area contributed by atoms with Gasteiger partial charge in [0.1, 0.15) is 12.4 Å². The van der Waals surface area contributed by atoms with Gasteiger partial charge in [0.25, 0.3) is 0 Å². The molecule has 0 aromatic carbocycles. The number of pyridine rings is 1. The first-order chi connectivity index (χ1) is 8.86. The summed E-state index contributed by atoms with van der Waals surface area (Å²) in [7, 11) is 1.69. The van der Waals surface area contributed by atoms with E-state index in [0.717, 1.165) is 24.5 Å². The second kappa shape index (κ2) is 9.82. The Balaban J connectivity index is 2.20. The van der Waals surface area contributed by atoms with E-state index in [1.54, 1.807) is 13.3 Å². The van der Waals surface area contributed by atoms with E-state index in [2.05, 4.69) is 10.3 Å². The van der Waals surface area contributed by atoms with Crippen LogP contribution in [0.3, 0.4) is 0 Å². The molecule has 0 aliphatic heterocycles. The van der Waals surface area contributed by atoms with E-state index in [-0.39, 0.29) is 0 Å². The number of nitrogens with zero attached hydrogens (tertiary/aromatic N) is 1. The van der Waals surface area contributed by atoms with Crippen molar-refractivity contribution >= 4 is 0 Å². The van der Waals surface area contributed by atoms with Crippen LogP contribution in [0.1, 0.15) is 12.6 Å². The van der Waals surface area contributed by atoms with Gasteiger partial charge in [-0.05, 0) is 19.1 Å². The molecule has 1 heterocycles. The zero-order valence-electron chi connectivity index (χ0n) is 11.1. The average molecular weight is 254 g/mol. The van der Waals surface area contributed by atoms with Crippen molar-refractivity contribution in [2.75, 3.05) is 40.1 Å². The topological polar surface area (TPSA) is 52.6 Å². The molecule has 0 bridgehead atoms. The van der Waals surface area contributed by atoms with Gasteiger partial charge in [-0.1, -0.05) is 0 Å². The lowest BCUT2D eigenvalue weighted by Gasteiger charge is -2.07. The Morgan fingerprint density at radius 3 is 2.78 bits per heavy atom. The van der Waals surface area contributed by atoms with Crippen LogP contribution in [0, 0.1) is 0 Å². The maximum Gasteiger partial charge on any atom is 0.137 e. The van der Waals surface area contributed by atoms with Crippen LogP contribution in [-0.2, 0) is 16.0 Å². The molecule has 0 radical (unpaired) electrons. The molecule has 0 spiro atoms. The van der Waals surface area contributed by atoms with Crippen LogP contribution in [0.25, 0.3) is 0 Å². The van der Waals surface area contributed by atoms with Crippen molar-refractivity contribution < 1.29 is 14.2 Å². The summed E-state index contributed by atoms with van der Waals surface area (Å²) < 4.78 is 15.6. The predicted octanol–water partition coefficient (Wildman–Crippen LogP) is 1.23. The van der Waals surface area contributed by atoms with Crippen molar-refractivity contribution in [3.63, 3.8) is 0 Å². The molecule has 18 heavy (non-hydrogen) atoms. The summed E-state index contributed by atoms with van der Waals surface area (Å²) >= 11 is 0. The van der Waals surface area contributed by atoms with Gasteiger partial charge < -0.3 is 19.5 Å². The summed E-state index contributed by atoms with van der Waals surface area (Å²) in [5, 5.41) is 3.23. The zero-order valence-corrected chi connectivity index (χ0v) is 11.1. The minimum absolute atomic E-state index is 0.557. The Morgan fingerprint density at radius 2 is 2.11 bits per heavy atom. The zero-order chi connectivity index (χ0) is 13.1. The first-order valence-electron chi connectivity index (χ1n) is 6.22. The highest BCUT2D eigenvalue weighted by atomic mass is 16.5. The quantitative estimate of drug-likeness (QED) is 0.637. The minimum Gasteiger partial charge on any atom is -0.490 e. The molecular formula is C13H22N2O3. The van der Waals surface area contributed by atoms with E-state index >= 15 is 0 Å². The van der Waals surface area contributed by atoms with Crippen LogP contribution in [0.15, 0.2) is 18.3 Å². The Bertz CT molecular complexity index is 273. The van der Waals surface area contributed by atoms with Gasteiger partial charge in [0.15, 0.2) is 0 Å². The molecule has 0 fully saturated rings. The van der Waals surface area contributed by atoms with Gasteiger partial charge in [0, 0.05) is 26.8 Å². The van der Waals surface area contributed by atoms with E-state index in [9.17, 15) is 0 Å². The lowest BCUT2D eigenvalue weighted by molar-refractivity contribution is 0.110. The van der Waals surface area contributed by atoms with E-state index in [1.165, 1.54) is 0 Å². The molecule has 0 aliphatic rings. The molecule has 0 unspecified atom stereocenters. The first-order valence-corrected chi connectivity index (χ1v) is 6.22. The maximum atomic E-state index is 5.48. The number of hydrogen-bond acceptors (Lipinski definition) is 5. The van der Waals surface area contributed by atoms with E-state index in [0.29, 0.717) is 26.4 Å². The third kappa shape index (κ3) is 6.54. The third-order valence-electron chi connectivity index (χ3n) is 2.29.